The first-order valence-corrected chi connectivity index (χ1v) is 6.72. The summed E-state index contributed by atoms with van der Waals surface area (Å²) in [7, 11) is 1.94. The lowest BCUT2D eigenvalue weighted by atomic mass is 10.1. The molecule has 2 nitrogen and oxygen atoms in total. The fourth-order valence-corrected chi connectivity index (χ4v) is 2.13. The van der Waals surface area contributed by atoms with Gasteiger partial charge in [-0.1, -0.05) is 41.9 Å². The predicted molar refractivity (Wildman–Crippen MR) is 79.7 cm³/mol. The van der Waals surface area contributed by atoms with Crippen molar-refractivity contribution in [3.8, 4) is 5.75 Å². The average molecular weight is 276 g/mol. The minimum Gasteiger partial charge on any atom is -0.489 e. The molecule has 0 amide bonds. The van der Waals surface area contributed by atoms with Crippen molar-refractivity contribution in [3.63, 3.8) is 0 Å². The van der Waals surface area contributed by atoms with Gasteiger partial charge in [0, 0.05) is 16.6 Å². The third-order valence-electron chi connectivity index (χ3n) is 3.10. The molecule has 0 aromatic heterocycles. The van der Waals surface area contributed by atoms with Gasteiger partial charge in [0.25, 0.3) is 0 Å². The van der Waals surface area contributed by atoms with Crippen LogP contribution in [-0.2, 0) is 6.61 Å². The minimum atomic E-state index is 0.260. The highest BCUT2D eigenvalue weighted by Gasteiger charge is 2.09. The van der Waals surface area contributed by atoms with Gasteiger partial charge < -0.3 is 10.1 Å². The maximum absolute atomic E-state index is 5.97. The number of rotatable bonds is 5. The molecule has 2 aromatic carbocycles. The molecule has 0 aliphatic rings. The number of ether oxygens (including phenoxy) is 1. The molecule has 0 aliphatic carbocycles. The highest BCUT2D eigenvalue weighted by atomic mass is 35.5. The maximum atomic E-state index is 5.97. The predicted octanol–water partition coefficient (Wildman–Crippen LogP) is 4.20. The fourth-order valence-electron chi connectivity index (χ4n) is 1.91. The maximum Gasteiger partial charge on any atom is 0.124 e. The molecule has 0 spiro atoms. The number of hydrogen-bond donors (Lipinski definition) is 1. The lowest BCUT2D eigenvalue weighted by molar-refractivity contribution is 0.300. The molecule has 1 N–H and O–H groups in total. The van der Waals surface area contributed by atoms with E-state index in [0.717, 1.165) is 21.9 Å². The lowest BCUT2D eigenvalue weighted by Crippen LogP contribution is -2.13. The van der Waals surface area contributed by atoms with Crippen molar-refractivity contribution in [2.75, 3.05) is 7.05 Å². The highest BCUT2D eigenvalue weighted by molar-refractivity contribution is 6.30. The zero-order valence-corrected chi connectivity index (χ0v) is 11.9. The van der Waals surface area contributed by atoms with Crippen molar-refractivity contribution in [1.82, 2.24) is 5.32 Å². The Bertz CT molecular complexity index is 542. The Balaban J connectivity index is 2.11. The van der Waals surface area contributed by atoms with Crippen LogP contribution in [0.1, 0.15) is 24.1 Å². The Hall–Kier alpha value is -1.51. The molecule has 3 heteroatoms. The monoisotopic (exact) mass is 275 g/mol. The summed E-state index contributed by atoms with van der Waals surface area (Å²) in [5, 5.41) is 3.96. The number of hydrogen-bond acceptors (Lipinski definition) is 2. The van der Waals surface area contributed by atoms with Crippen LogP contribution in [0.5, 0.6) is 5.75 Å². The van der Waals surface area contributed by atoms with Gasteiger partial charge in [-0.05, 0) is 37.7 Å². The normalized spacial score (nSPS) is 12.2. The van der Waals surface area contributed by atoms with E-state index < -0.39 is 0 Å². The van der Waals surface area contributed by atoms with Crippen LogP contribution in [0, 0.1) is 0 Å². The van der Waals surface area contributed by atoms with Crippen molar-refractivity contribution >= 4 is 11.6 Å². The second kappa shape index (κ2) is 6.60. The summed E-state index contributed by atoms with van der Waals surface area (Å²) < 4.78 is 5.90. The zero-order chi connectivity index (χ0) is 13.7. The van der Waals surface area contributed by atoms with Crippen molar-refractivity contribution in [2.45, 2.75) is 19.6 Å². The van der Waals surface area contributed by atoms with E-state index in [1.54, 1.807) is 0 Å². The summed E-state index contributed by atoms with van der Waals surface area (Å²) in [5.74, 6) is 0.907. The number of benzene rings is 2. The van der Waals surface area contributed by atoms with Crippen LogP contribution in [0.25, 0.3) is 0 Å². The molecule has 2 rings (SSSR count). The quantitative estimate of drug-likeness (QED) is 0.883. The Morgan fingerprint density at radius 1 is 1.16 bits per heavy atom. The molecule has 0 fully saturated rings. The van der Waals surface area contributed by atoms with Crippen LogP contribution in [-0.4, -0.2) is 7.05 Å². The van der Waals surface area contributed by atoms with Gasteiger partial charge >= 0.3 is 0 Å². The summed E-state index contributed by atoms with van der Waals surface area (Å²) >= 11 is 5.97. The summed E-state index contributed by atoms with van der Waals surface area (Å²) in [5.41, 5.74) is 2.23. The summed E-state index contributed by atoms with van der Waals surface area (Å²) in [4.78, 5) is 0. The average Bonchev–Trinajstić information content (AvgIpc) is 2.45. The third kappa shape index (κ3) is 3.72. The standard InChI is InChI=1S/C16H18ClNO/c1-12(18-2)15-8-3-4-9-16(15)19-11-13-6-5-7-14(17)10-13/h3-10,12,18H,11H2,1-2H3. The van der Waals surface area contributed by atoms with E-state index in [-0.39, 0.29) is 6.04 Å². The molecule has 0 radical (unpaired) electrons. The van der Waals surface area contributed by atoms with Crippen LogP contribution in [0.4, 0.5) is 0 Å². The molecule has 0 heterocycles. The van der Waals surface area contributed by atoms with E-state index in [0.29, 0.717) is 6.61 Å². The Morgan fingerprint density at radius 3 is 2.68 bits per heavy atom. The van der Waals surface area contributed by atoms with Gasteiger partial charge in [-0.15, -0.1) is 0 Å². The second-order valence-corrected chi connectivity index (χ2v) is 4.90. The molecule has 0 aliphatic heterocycles. The van der Waals surface area contributed by atoms with Crippen molar-refractivity contribution in [2.24, 2.45) is 0 Å². The Morgan fingerprint density at radius 2 is 1.95 bits per heavy atom. The first kappa shape index (κ1) is 13.9. The highest BCUT2D eigenvalue weighted by Crippen LogP contribution is 2.25. The van der Waals surface area contributed by atoms with Gasteiger partial charge in [0.2, 0.25) is 0 Å². The number of halogens is 1. The molecule has 2 aromatic rings. The van der Waals surface area contributed by atoms with E-state index in [9.17, 15) is 0 Å². The Kier molecular flexibility index (Phi) is 4.83. The molecule has 0 saturated heterocycles. The van der Waals surface area contributed by atoms with Gasteiger partial charge in [-0.3, -0.25) is 0 Å². The first-order chi connectivity index (χ1) is 9.20. The summed E-state index contributed by atoms with van der Waals surface area (Å²) in [6, 6.07) is 16.1. The molecule has 19 heavy (non-hydrogen) atoms. The summed E-state index contributed by atoms with van der Waals surface area (Å²) in [6.45, 7) is 2.63. The fraction of sp³-hybridized carbons (Fsp3) is 0.250. The van der Waals surface area contributed by atoms with Gasteiger partial charge in [0.05, 0.1) is 0 Å². The van der Waals surface area contributed by atoms with Crippen LogP contribution in [0.2, 0.25) is 5.02 Å². The number of nitrogens with one attached hydrogen (secondary N) is 1. The largest absolute Gasteiger partial charge is 0.489 e. The topological polar surface area (TPSA) is 21.3 Å². The molecule has 100 valence electrons. The van der Waals surface area contributed by atoms with E-state index in [2.05, 4.69) is 18.3 Å². The minimum absolute atomic E-state index is 0.260. The van der Waals surface area contributed by atoms with E-state index in [4.69, 9.17) is 16.3 Å². The van der Waals surface area contributed by atoms with Gasteiger partial charge in [0.15, 0.2) is 0 Å². The molecular weight excluding hydrogens is 258 g/mol. The number of para-hydroxylation sites is 1. The van der Waals surface area contributed by atoms with Crippen LogP contribution >= 0.6 is 11.6 Å². The van der Waals surface area contributed by atoms with E-state index in [1.807, 2.05) is 49.5 Å². The molecule has 0 saturated carbocycles. The lowest BCUT2D eigenvalue weighted by Gasteiger charge is -2.16. The Labute approximate surface area is 119 Å². The van der Waals surface area contributed by atoms with Crippen molar-refractivity contribution in [1.29, 1.82) is 0 Å². The SMILES string of the molecule is CNC(C)c1ccccc1OCc1cccc(Cl)c1. The summed E-state index contributed by atoms with van der Waals surface area (Å²) in [6.07, 6.45) is 0. The molecule has 1 atom stereocenters. The van der Waals surface area contributed by atoms with Crippen molar-refractivity contribution < 1.29 is 4.74 Å². The van der Waals surface area contributed by atoms with Crippen LogP contribution < -0.4 is 10.1 Å². The molecular formula is C16H18ClNO. The first-order valence-electron chi connectivity index (χ1n) is 6.34. The molecule has 0 bridgehead atoms. The van der Waals surface area contributed by atoms with Gasteiger partial charge in [0.1, 0.15) is 12.4 Å². The molecule has 1 unspecified atom stereocenters. The van der Waals surface area contributed by atoms with E-state index >= 15 is 0 Å². The third-order valence-corrected chi connectivity index (χ3v) is 3.34. The zero-order valence-electron chi connectivity index (χ0n) is 11.2. The van der Waals surface area contributed by atoms with Gasteiger partial charge in [-0.25, -0.2) is 0 Å². The smallest absolute Gasteiger partial charge is 0.124 e. The second-order valence-electron chi connectivity index (χ2n) is 4.47. The van der Waals surface area contributed by atoms with Crippen LogP contribution in [0.3, 0.4) is 0 Å². The van der Waals surface area contributed by atoms with Crippen molar-refractivity contribution in [3.05, 3.63) is 64.7 Å². The van der Waals surface area contributed by atoms with E-state index in [1.165, 1.54) is 0 Å². The van der Waals surface area contributed by atoms with Crippen LogP contribution in [0.15, 0.2) is 48.5 Å². The van der Waals surface area contributed by atoms with Gasteiger partial charge in [-0.2, -0.15) is 0 Å².